The Morgan fingerprint density at radius 3 is 2.56 bits per heavy atom. The van der Waals surface area contributed by atoms with E-state index >= 15 is 0 Å². The van der Waals surface area contributed by atoms with Crippen LogP contribution < -0.4 is 4.90 Å². The van der Waals surface area contributed by atoms with Crippen LogP contribution in [0.3, 0.4) is 0 Å². The van der Waals surface area contributed by atoms with E-state index in [0.717, 1.165) is 28.9 Å². The zero-order chi connectivity index (χ0) is 23.8. The van der Waals surface area contributed by atoms with Gasteiger partial charge in [-0.3, -0.25) is 20.1 Å². The molecule has 170 valence electrons. The summed E-state index contributed by atoms with van der Waals surface area (Å²) < 4.78 is 0. The highest BCUT2D eigenvalue weighted by Crippen LogP contribution is 2.48. The monoisotopic (exact) mass is 469 g/mol. The lowest BCUT2D eigenvalue weighted by Crippen LogP contribution is -2.42. The number of para-hydroxylation sites is 1. The van der Waals surface area contributed by atoms with Crippen LogP contribution in [-0.4, -0.2) is 21.7 Å². The average Bonchev–Trinajstić information content (AvgIpc) is 2.85. The zero-order valence-electron chi connectivity index (χ0n) is 18.8. The van der Waals surface area contributed by atoms with Crippen molar-refractivity contribution in [2.45, 2.75) is 32.1 Å². The molecule has 2 aliphatic rings. The Morgan fingerprint density at radius 1 is 1.09 bits per heavy atom. The van der Waals surface area contributed by atoms with Crippen molar-refractivity contribution in [3.05, 3.63) is 112 Å². The molecule has 2 aromatic carbocycles. The van der Waals surface area contributed by atoms with Gasteiger partial charge in [0.2, 0.25) is 0 Å². The van der Waals surface area contributed by atoms with E-state index in [9.17, 15) is 15.3 Å². The van der Waals surface area contributed by atoms with E-state index in [2.05, 4.69) is 4.98 Å². The number of anilines is 1. The normalized spacial score (nSPS) is 19.8. The minimum atomic E-state index is -0.583. The predicted octanol–water partition coefficient (Wildman–Crippen LogP) is 6.60. The molecule has 1 atom stereocenters. The molecule has 1 aliphatic carbocycles. The van der Waals surface area contributed by atoms with Crippen LogP contribution >= 0.6 is 11.6 Å². The van der Waals surface area contributed by atoms with Crippen LogP contribution in [0.25, 0.3) is 5.76 Å². The lowest BCUT2D eigenvalue weighted by molar-refractivity contribution is -0.116. The fraction of sp³-hybridized carbons (Fsp3) is 0.179. The number of aromatic nitrogens is 1. The first-order valence-corrected chi connectivity index (χ1v) is 11.6. The van der Waals surface area contributed by atoms with Gasteiger partial charge in [-0.1, -0.05) is 35.9 Å². The summed E-state index contributed by atoms with van der Waals surface area (Å²) in [5, 5.41) is 21.5. The van der Waals surface area contributed by atoms with Gasteiger partial charge in [0.25, 0.3) is 0 Å². The standard InChI is InChI=1S/C28H24ClN3O2/c1-17-6-2-3-8-21(17)32-22-9-4-10-23(33)25(22)24(19-7-5-15-31-16-19)26(28(32)30)27(34)18-11-13-20(29)14-12-18/h2-3,5-8,11-16,24,30,34H,4,9-10H2,1H3/b27-26+,30-28?. The number of nitrogens with one attached hydrogen (secondary N) is 1. The molecule has 0 radical (unpaired) electrons. The molecule has 2 heterocycles. The van der Waals surface area contributed by atoms with Crippen molar-refractivity contribution in [3.8, 4) is 0 Å². The van der Waals surface area contributed by atoms with Gasteiger partial charge < -0.3 is 5.11 Å². The third-order valence-corrected chi connectivity index (χ3v) is 6.75. The molecule has 34 heavy (non-hydrogen) atoms. The number of halogens is 1. The van der Waals surface area contributed by atoms with Crippen molar-refractivity contribution >= 4 is 34.7 Å². The molecule has 2 N–H and O–H groups in total. The maximum atomic E-state index is 13.4. The largest absolute Gasteiger partial charge is 0.507 e. The number of allylic oxidation sites excluding steroid dienone is 2. The number of hydrogen-bond donors (Lipinski definition) is 2. The van der Waals surface area contributed by atoms with Gasteiger partial charge in [-0.15, -0.1) is 0 Å². The summed E-state index contributed by atoms with van der Waals surface area (Å²) in [6.07, 6.45) is 5.25. The first-order chi connectivity index (χ1) is 16.5. The molecular weight excluding hydrogens is 446 g/mol. The number of Topliss-reactive ketones (excluding diaryl/α,β-unsaturated/α-hetero) is 1. The summed E-state index contributed by atoms with van der Waals surface area (Å²) in [6.45, 7) is 1.99. The van der Waals surface area contributed by atoms with E-state index in [1.54, 1.807) is 36.7 Å². The number of hydrogen-bond acceptors (Lipinski definition) is 4. The molecule has 0 bridgehead atoms. The minimum absolute atomic E-state index is 0.0426. The van der Waals surface area contributed by atoms with E-state index < -0.39 is 5.92 Å². The second kappa shape index (κ2) is 8.92. The first-order valence-electron chi connectivity index (χ1n) is 11.3. The number of aryl methyl sites for hydroxylation is 1. The Bertz CT molecular complexity index is 1340. The molecule has 5 nitrogen and oxygen atoms in total. The van der Waals surface area contributed by atoms with E-state index in [4.69, 9.17) is 11.6 Å². The van der Waals surface area contributed by atoms with Gasteiger partial charge in [0.1, 0.15) is 11.6 Å². The van der Waals surface area contributed by atoms with Crippen molar-refractivity contribution in [2.75, 3.05) is 4.90 Å². The molecule has 0 spiro atoms. The zero-order valence-corrected chi connectivity index (χ0v) is 19.5. The quantitative estimate of drug-likeness (QED) is 0.423. The third-order valence-electron chi connectivity index (χ3n) is 6.50. The summed E-state index contributed by atoms with van der Waals surface area (Å²) in [5.74, 6) is -0.425. The van der Waals surface area contributed by atoms with Gasteiger partial charge in [-0.2, -0.15) is 0 Å². The van der Waals surface area contributed by atoms with Crippen LogP contribution in [0.15, 0.2) is 89.9 Å². The number of nitrogens with zero attached hydrogens (tertiary/aromatic N) is 2. The van der Waals surface area contributed by atoms with Gasteiger partial charge in [0.15, 0.2) is 5.78 Å². The lowest BCUT2D eigenvalue weighted by atomic mass is 9.73. The van der Waals surface area contributed by atoms with Crippen LogP contribution in [0.1, 0.15) is 41.9 Å². The van der Waals surface area contributed by atoms with E-state index in [-0.39, 0.29) is 17.4 Å². The molecule has 0 saturated carbocycles. The molecule has 1 aliphatic heterocycles. The fourth-order valence-electron chi connectivity index (χ4n) is 4.92. The van der Waals surface area contributed by atoms with E-state index in [0.29, 0.717) is 34.6 Å². The fourth-order valence-corrected chi connectivity index (χ4v) is 5.04. The highest BCUT2D eigenvalue weighted by atomic mass is 35.5. The Labute approximate surface area is 203 Å². The number of rotatable bonds is 3. The molecule has 6 heteroatoms. The van der Waals surface area contributed by atoms with Crippen LogP contribution in [0.5, 0.6) is 0 Å². The predicted molar refractivity (Wildman–Crippen MR) is 135 cm³/mol. The van der Waals surface area contributed by atoms with Gasteiger partial charge in [-0.25, -0.2) is 0 Å². The molecule has 0 saturated heterocycles. The molecule has 5 rings (SSSR count). The lowest BCUT2D eigenvalue weighted by Gasteiger charge is -2.42. The van der Waals surface area contributed by atoms with Gasteiger partial charge in [0.05, 0.1) is 5.69 Å². The number of pyridine rings is 1. The molecule has 3 aromatic rings. The SMILES string of the molecule is Cc1ccccc1N1C(=N)/C(=C(/O)c2ccc(Cl)cc2)C(c2cccnc2)C2=C1CCCC2=O. The van der Waals surface area contributed by atoms with E-state index in [1.807, 2.05) is 48.2 Å². The van der Waals surface area contributed by atoms with Crippen LogP contribution in [0.2, 0.25) is 5.02 Å². The average molecular weight is 470 g/mol. The Kier molecular flexibility index (Phi) is 5.80. The Balaban J connectivity index is 1.84. The third kappa shape index (κ3) is 3.72. The number of carbonyl (C=O) groups is 1. The summed E-state index contributed by atoms with van der Waals surface area (Å²) in [4.78, 5) is 19.6. The Morgan fingerprint density at radius 2 is 1.85 bits per heavy atom. The second-order valence-electron chi connectivity index (χ2n) is 8.60. The van der Waals surface area contributed by atoms with Crippen molar-refractivity contribution in [3.63, 3.8) is 0 Å². The Hall–Kier alpha value is -3.70. The number of ketones is 1. The molecule has 0 fully saturated rings. The first kappa shape index (κ1) is 22.1. The highest BCUT2D eigenvalue weighted by molar-refractivity contribution is 6.30. The number of benzene rings is 2. The van der Waals surface area contributed by atoms with Crippen molar-refractivity contribution < 1.29 is 9.90 Å². The maximum absolute atomic E-state index is 13.4. The smallest absolute Gasteiger partial charge is 0.161 e. The van der Waals surface area contributed by atoms with Crippen molar-refractivity contribution in [2.24, 2.45) is 0 Å². The molecule has 1 aromatic heterocycles. The summed E-state index contributed by atoms with van der Waals surface area (Å²) in [7, 11) is 0. The molecule has 0 amide bonds. The number of aliphatic hydroxyl groups excluding tert-OH is 1. The summed E-state index contributed by atoms with van der Waals surface area (Å²) >= 11 is 6.08. The van der Waals surface area contributed by atoms with E-state index in [1.165, 1.54) is 0 Å². The van der Waals surface area contributed by atoms with Crippen LogP contribution in [0.4, 0.5) is 5.69 Å². The molecular formula is C28H24ClN3O2. The summed E-state index contributed by atoms with van der Waals surface area (Å²) in [6, 6.07) is 18.4. The van der Waals surface area contributed by atoms with Crippen LogP contribution in [-0.2, 0) is 4.79 Å². The van der Waals surface area contributed by atoms with Gasteiger partial charge >= 0.3 is 0 Å². The number of amidine groups is 1. The highest BCUT2D eigenvalue weighted by Gasteiger charge is 2.43. The van der Waals surface area contributed by atoms with Gasteiger partial charge in [0, 0.05) is 52.2 Å². The molecule has 1 unspecified atom stereocenters. The number of carbonyl (C=O) groups excluding carboxylic acids is 1. The van der Waals surface area contributed by atoms with Gasteiger partial charge in [-0.05, 0) is 67.3 Å². The van der Waals surface area contributed by atoms with Crippen LogP contribution in [0, 0.1) is 12.3 Å². The topological polar surface area (TPSA) is 77.3 Å². The summed E-state index contributed by atoms with van der Waals surface area (Å²) in [5.41, 5.74) is 4.98. The van der Waals surface area contributed by atoms with Crippen molar-refractivity contribution in [1.29, 1.82) is 5.41 Å². The second-order valence-corrected chi connectivity index (χ2v) is 9.03. The number of aliphatic hydroxyl groups is 1. The van der Waals surface area contributed by atoms with Crippen molar-refractivity contribution in [1.82, 2.24) is 4.98 Å². The maximum Gasteiger partial charge on any atom is 0.161 e. The minimum Gasteiger partial charge on any atom is -0.507 e.